The van der Waals surface area contributed by atoms with Crippen LogP contribution in [0.4, 0.5) is 5.82 Å². The lowest BCUT2D eigenvalue weighted by molar-refractivity contribution is -0.130. The summed E-state index contributed by atoms with van der Waals surface area (Å²) in [6.07, 6.45) is 4.05. The molecule has 3 heterocycles. The molecule has 0 atom stereocenters. The Hall–Kier alpha value is -3.22. The third-order valence-corrected chi connectivity index (χ3v) is 4.70. The van der Waals surface area contributed by atoms with E-state index in [-0.39, 0.29) is 5.91 Å². The van der Waals surface area contributed by atoms with Crippen LogP contribution in [0.2, 0.25) is 0 Å². The van der Waals surface area contributed by atoms with Crippen molar-refractivity contribution < 1.29 is 4.79 Å². The summed E-state index contributed by atoms with van der Waals surface area (Å²) in [4.78, 5) is 25.7. The van der Waals surface area contributed by atoms with Crippen LogP contribution in [0.3, 0.4) is 0 Å². The molecule has 3 aromatic rings. The standard InChI is InChI=1S/C20H22N6O/c1-16-22-18(15-19(23-16)26-9-5-8-21-26)24-10-12-25(13-11-24)20(27)14-17-6-3-2-4-7-17/h2-9,15H,10-14H2,1H3. The summed E-state index contributed by atoms with van der Waals surface area (Å²) in [5.41, 5.74) is 1.06. The van der Waals surface area contributed by atoms with Crippen LogP contribution in [0.25, 0.3) is 5.82 Å². The third kappa shape index (κ3) is 3.97. The largest absolute Gasteiger partial charge is 0.353 e. The molecule has 0 unspecified atom stereocenters. The minimum Gasteiger partial charge on any atom is -0.353 e. The topological polar surface area (TPSA) is 67.2 Å². The monoisotopic (exact) mass is 362 g/mol. The zero-order valence-electron chi connectivity index (χ0n) is 15.3. The Kier molecular flexibility index (Phi) is 4.82. The second kappa shape index (κ2) is 7.57. The molecule has 1 fully saturated rings. The summed E-state index contributed by atoms with van der Waals surface area (Å²) in [6.45, 7) is 4.80. The molecule has 1 aliphatic rings. The van der Waals surface area contributed by atoms with Crippen molar-refractivity contribution in [3.8, 4) is 5.82 Å². The zero-order chi connectivity index (χ0) is 18.6. The number of nitrogens with zero attached hydrogens (tertiary/aromatic N) is 6. The molecule has 138 valence electrons. The van der Waals surface area contributed by atoms with E-state index in [9.17, 15) is 4.79 Å². The van der Waals surface area contributed by atoms with Crippen LogP contribution >= 0.6 is 0 Å². The molecule has 27 heavy (non-hydrogen) atoms. The number of carbonyl (C=O) groups excluding carboxylic acids is 1. The molecule has 2 aromatic heterocycles. The lowest BCUT2D eigenvalue weighted by Crippen LogP contribution is -2.49. The summed E-state index contributed by atoms with van der Waals surface area (Å²) in [7, 11) is 0. The van der Waals surface area contributed by atoms with Gasteiger partial charge in [-0.1, -0.05) is 30.3 Å². The Morgan fingerprint density at radius 1 is 1.00 bits per heavy atom. The van der Waals surface area contributed by atoms with Crippen molar-refractivity contribution in [2.45, 2.75) is 13.3 Å². The highest BCUT2D eigenvalue weighted by atomic mass is 16.2. The van der Waals surface area contributed by atoms with Crippen LogP contribution in [0.5, 0.6) is 0 Å². The summed E-state index contributed by atoms with van der Waals surface area (Å²) < 4.78 is 1.73. The molecule has 7 heteroatoms. The second-order valence-electron chi connectivity index (χ2n) is 6.61. The quantitative estimate of drug-likeness (QED) is 0.709. The first kappa shape index (κ1) is 17.2. The van der Waals surface area contributed by atoms with Gasteiger partial charge in [-0.25, -0.2) is 14.6 Å². The van der Waals surface area contributed by atoms with Gasteiger partial charge in [0.25, 0.3) is 0 Å². The van der Waals surface area contributed by atoms with Gasteiger partial charge in [0.2, 0.25) is 5.91 Å². The fraction of sp³-hybridized carbons (Fsp3) is 0.300. The fourth-order valence-electron chi connectivity index (χ4n) is 3.29. The van der Waals surface area contributed by atoms with Crippen molar-refractivity contribution in [2.24, 2.45) is 0 Å². The Bertz CT molecular complexity index is 901. The number of anilines is 1. The number of aryl methyl sites for hydroxylation is 1. The maximum atomic E-state index is 12.5. The van der Waals surface area contributed by atoms with Crippen molar-refractivity contribution in [2.75, 3.05) is 31.1 Å². The first-order valence-electron chi connectivity index (χ1n) is 9.11. The SMILES string of the molecule is Cc1nc(N2CCN(C(=O)Cc3ccccc3)CC2)cc(-n2cccn2)n1. The van der Waals surface area contributed by atoms with E-state index in [4.69, 9.17) is 0 Å². The Morgan fingerprint density at radius 2 is 1.74 bits per heavy atom. The highest BCUT2D eigenvalue weighted by molar-refractivity contribution is 5.79. The van der Waals surface area contributed by atoms with E-state index in [2.05, 4.69) is 20.0 Å². The average Bonchev–Trinajstić information content (AvgIpc) is 3.23. The summed E-state index contributed by atoms with van der Waals surface area (Å²) in [5.74, 6) is 2.52. The van der Waals surface area contributed by atoms with Gasteiger partial charge in [0.15, 0.2) is 5.82 Å². The van der Waals surface area contributed by atoms with Crippen LogP contribution in [-0.2, 0) is 11.2 Å². The minimum atomic E-state index is 0.178. The van der Waals surface area contributed by atoms with E-state index in [0.717, 1.165) is 30.3 Å². The van der Waals surface area contributed by atoms with Crippen molar-refractivity contribution in [1.29, 1.82) is 0 Å². The predicted molar refractivity (Wildman–Crippen MR) is 103 cm³/mol. The predicted octanol–water partition coefficient (Wildman–Crippen LogP) is 1.86. The van der Waals surface area contributed by atoms with Gasteiger partial charge in [0.1, 0.15) is 11.6 Å². The van der Waals surface area contributed by atoms with Crippen LogP contribution in [0.15, 0.2) is 54.9 Å². The Morgan fingerprint density at radius 3 is 2.44 bits per heavy atom. The van der Waals surface area contributed by atoms with Gasteiger partial charge in [0, 0.05) is 44.6 Å². The number of carbonyl (C=O) groups is 1. The maximum Gasteiger partial charge on any atom is 0.227 e. The number of hydrogen-bond acceptors (Lipinski definition) is 5. The molecule has 1 amide bonds. The van der Waals surface area contributed by atoms with E-state index >= 15 is 0 Å². The molecular formula is C20H22N6O. The van der Waals surface area contributed by atoms with Crippen molar-refractivity contribution in [1.82, 2.24) is 24.6 Å². The first-order chi connectivity index (χ1) is 13.2. The molecule has 0 radical (unpaired) electrons. The van der Waals surface area contributed by atoms with Crippen LogP contribution in [0, 0.1) is 6.92 Å². The van der Waals surface area contributed by atoms with E-state index in [1.165, 1.54) is 0 Å². The zero-order valence-corrected chi connectivity index (χ0v) is 15.3. The lowest BCUT2D eigenvalue weighted by Gasteiger charge is -2.35. The maximum absolute atomic E-state index is 12.5. The molecule has 0 bridgehead atoms. The number of aromatic nitrogens is 4. The van der Waals surface area contributed by atoms with Gasteiger partial charge in [-0.2, -0.15) is 5.10 Å². The van der Waals surface area contributed by atoms with E-state index in [1.54, 1.807) is 10.9 Å². The molecule has 4 rings (SSSR count). The highest BCUT2D eigenvalue weighted by Crippen LogP contribution is 2.17. The molecule has 0 saturated carbocycles. The van der Waals surface area contributed by atoms with Crippen molar-refractivity contribution >= 4 is 11.7 Å². The lowest BCUT2D eigenvalue weighted by atomic mass is 10.1. The molecule has 0 N–H and O–H groups in total. The summed E-state index contributed by atoms with van der Waals surface area (Å²) in [5, 5.41) is 4.24. The van der Waals surface area contributed by atoms with E-state index in [0.29, 0.717) is 25.3 Å². The Labute approximate surface area is 158 Å². The molecule has 1 aromatic carbocycles. The molecule has 0 aliphatic carbocycles. The van der Waals surface area contributed by atoms with Crippen LogP contribution in [0.1, 0.15) is 11.4 Å². The van der Waals surface area contributed by atoms with Gasteiger partial charge >= 0.3 is 0 Å². The molecular weight excluding hydrogens is 340 g/mol. The molecule has 0 spiro atoms. The molecule has 7 nitrogen and oxygen atoms in total. The van der Waals surface area contributed by atoms with Crippen molar-refractivity contribution in [3.05, 3.63) is 66.2 Å². The first-order valence-corrected chi connectivity index (χ1v) is 9.11. The van der Waals surface area contributed by atoms with E-state index in [1.807, 2.05) is 60.5 Å². The molecule has 1 saturated heterocycles. The van der Waals surface area contributed by atoms with Gasteiger partial charge in [-0.3, -0.25) is 4.79 Å². The molecule has 1 aliphatic heterocycles. The van der Waals surface area contributed by atoms with Gasteiger partial charge in [-0.15, -0.1) is 0 Å². The number of piperazine rings is 1. The number of amides is 1. The normalized spacial score (nSPS) is 14.4. The summed E-state index contributed by atoms with van der Waals surface area (Å²) >= 11 is 0. The highest BCUT2D eigenvalue weighted by Gasteiger charge is 2.22. The van der Waals surface area contributed by atoms with Crippen LogP contribution in [-0.4, -0.2) is 56.7 Å². The number of rotatable bonds is 4. The smallest absolute Gasteiger partial charge is 0.227 e. The van der Waals surface area contributed by atoms with E-state index < -0.39 is 0 Å². The van der Waals surface area contributed by atoms with Crippen molar-refractivity contribution in [3.63, 3.8) is 0 Å². The summed E-state index contributed by atoms with van der Waals surface area (Å²) in [6, 6.07) is 13.7. The fourth-order valence-corrected chi connectivity index (χ4v) is 3.29. The van der Waals surface area contributed by atoms with Gasteiger partial charge < -0.3 is 9.80 Å². The number of hydrogen-bond donors (Lipinski definition) is 0. The van der Waals surface area contributed by atoms with Gasteiger partial charge in [-0.05, 0) is 18.6 Å². The average molecular weight is 362 g/mol. The Balaban J connectivity index is 1.41. The second-order valence-corrected chi connectivity index (χ2v) is 6.61. The minimum absolute atomic E-state index is 0.178. The van der Waals surface area contributed by atoms with Crippen LogP contribution < -0.4 is 4.90 Å². The third-order valence-electron chi connectivity index (χ3n) is 4.70. The van der Waals surface area contributed by atoms with Gasteiger partial charge in [0.05, 0.1) is 6.42 Å². The number of benzene rings is 1.